The maximum Gasteiger partial charge on any atom is 0.274 e. The maximum atomic E-state index is 13.2. The zero-order valence-corrected chi connectivity index (χ0v) is 18.9. The molecule has 4 heterocycles. The Morgan fingerprint density at radius 1 is 1.16 bits per heavy atom. The summed E-state index contributed by atoms with van der Waals surface area (Å²) in [5.74, 6) is -0.00187. The lowest BCUT2D eigenvalue weighted by atomic mass is 9.80. The van der Waals surface area contributed by atoms with E-state index in [0.29, 0.717) is 25.4 Å². The molecular weight excluding hydrogens is 402 g/mol. The van der Waals surface area contributed by atoms with Crippen LogP contribution in [0.3, 0.4) is 0 Å². The average Bonchev–Trinajstić information content (AvgIpc) is 3.23. The molecule has 5 rings (SSSR count). The third-order valence-corrected chi connectivity index (χ3v) is 6.82. The fourth-order valence-electron chi connectivity index (χ4n) is 5.18. The third-order valence-electron chi connectivity index (χ3n) is 6.82. The van der Waals surface area contributed by atoms with Gasteiger partial charge in [0, 0.05) is 44.9 Å². The first-order valence-corrected chi connectivity index (χ1v) is 11.6. The highest BCUT2D eigenvalue weighted by Gasteiger charge is 2.45. The van der Waals surface area contributed by atoms with Crippen LogP contribution in [-0.4, -0.2) is 51.6 Å². The van der Waals surface area contributed by atoms with Gasteiger partial charge in [-0.2, -0.15) is 0 Å². The summed E-state index contributed by atoms with van der Waals surface area (Å²) in [6.07, 6.45) is 7.45. The van der Waals surface area contributed by atoms with Gasteiger partial charge < -0.3 is 18.8 Å². The lowest BCUT2D eigenvalue weighted by molar-refractivity contribution is -0.190. The van der Waals surface area contributed by atoms with Crippen LogP contribution >= 0.6 is 0 Å². The summed E-state index contributed by atoms with van der Waals surface area (Å²) in [7, 11) is 0. The lowest BCUT2D eigenvalue weighted by Crippen LogP contribution is -2.52. The zero-order chi connectivity index (χ0) is 22.1. The molecule has 0 N–H and O–H groups in total. The largest absolute Gasteiger partial charge is 0.378 e. The number of carbonyl (C=O) groups excluding carboxylic acids is 1. The van der Waals surface area contributed by atoms with E-state index < -0.39 is 0 Å². The minimum atomic E-state index is -0.245. The number of fused-ring (bicyclic) bond motifs is 1. The first-order valence-electron chi connectivity index (χ1n) is 11.6. The number of likely N-dealkylation sites (tertiary alicyclic amines) is 1. The van der Waals surface area contributed by atoms with Crippen molar-refractivity contribution < 1.29 is 14.3 Å². The SMILES string of the molecule is CCO[C@H]1C[C@@H](c2ccccc2)OC2(CCN(C(=O)c3cn4cc(C)ccc4n3)CC2)C1. The van der Waals surface area contributed by atoms with E-state index in [2.05, 4.69) is 36.2 Å². The number of aromatic nitrogens is 2. The molecule has 2 fully saturated rings. The van der Waals surface area contributed by atoms with E-state index in [0.717, 1.165) is 36.9 Å². The van der Waals surface area contributed by atoms with E-state index >= 15 is 0 Å². The van der Waals surface area contributed by atoms with Crippen LogP contribution in [-0.2, 0) is 9.47 Å². The molecule has 6 nitrogen and oxygen atoms in total. The molecule has 2 saturated heterocycles. The van der Waals surface area contributed by atoms with E-state index in [9.17, 15) is 4.79 Å². The van der Waals surface area contributed by atoms with Crippen LogP contribution in [0.1, 0.15) is 60.3 Å². The van der Waals surface area contributed by atoms with Crippen molar-refractivity contribution in [3.05, 3.63) is 71.7 Å². The molecule has 0 unspecified atom stereocenters. The molecule has 1 amide bonds. The number of rotatable bonds is 4. The van der Waals surface area contributed by atoms with Crippen LogP contribution in [0, 0.1) is 6.92 Å². The number of nitrogens with zero attached hydrogens (tertiary/aromatic N) is 3. The highest BCUT2D eigenvalue weighted by atomic mass is 16.5. The van der Waals surface area contributed by atoms with Crippen molar-refractivity contribution in [3.8, 4) is 0 Å². The Bertz CT molecular complexity index is 1090. The molecule has 2 aliphatic heterocycles. The highest BCUT2D eigenvalue weighted by molar-refractivity contribution is 5.93. The monoisotopic (exact) mass is 433 g/mol. The Morgan fingerprint density at radius 3 is 2.69 bits per heavy atom. The van der Waals surface area contributed by atoms with Crippen molar-refractivity contribution in [2.75, 3.05) is 19.7 Å². The van der Waals surface area contributed by atoms with Crippen LogP contribution in [0.15, 0.2) is 54.9 Å². The van der Waals surface area contributed by atoms with Gasteiger partial charge in [-0.1, -0.05) is 36.4 Å². The molecule has 2 aliphatic rings. The summed E-state index contributed by atoms with van der Waals surface area (Å²) >= 11 is 0. The number of piperidine rings is 1. The minimum absolute atomic E-state index is 0.00187. The van der Waals surface area contributed by atoms with Crippen molar-refractivity contribution in [2.45, 2.75) is 57.3 Å². The van der Waals surface area contributed by atoms with Gasteiger partial charge >= 0.3 is 0 Å². The number of benzene rings is 1. The number of ether oxygens (including phenoxy) is 2. The second kappa shape index (κ2) is 8.68. The van der Waals surface area contributed by atoms with E-state index in [1.54, 1.807) is 0 Å². The molecule has 0 radical (unpaired) electrons. The van der Waals surface area contributed by atoms with Crippen LogP contribution in [0.2, 0.25) is 0 Å². The van der Waals surface area contributed by atoms with Gasteiger partial charge in [0.05, 0.1) is 17.8 Å². The number of imidazole rings is 1. The van der Waals surface area contributed by atoms with Crippen LogP contribution in [0.5, 0.6) is 0 Å². The Morgan fingerprint density at radius 2 is 1.94 bits per heavy atom. The van der Waals surface area contributed by atoms with Crippen LogP contribution in [0.25, 0.3) is 5.65 Å². The molecule has 2 aromatic heterocycles. The summed E-state index contributed by atoms with van der Waals surface area (Å²) < 4.78 is 14.7. The summed E-state index contributed by atoms with van der Waals surface area (Å²) in [6, 6.07) is 14.4. The number of aryl methyl sites for hydroxylation is 1. The number of hydrogen-bond donors (Lipinski definition) is 0. The average molecular weight is 434 g/mol. The van der Waals surface area contributed by atoms with Gasteiger partial charge in [-0.3, -0.25) is 4.79 Å². The van der Waals surface area contributed by atoms with Crippen LogP contribution < -0.4 is 0 Å². The fourth-order valence-corrected chi connectivity index (χ4v) is 5.18. The Labute approximate surface area is 189 Å². The third kappa shape index (κ3) is 4.17. The standard InChI is InChI=1S/C26H31N3O3/c1-3-31-21-15-23(20-7-5-4-6-8-20)32-26(16-21)11-13-28(14-12-26)25(30)22-18-29-17-19(2)9-10-24(29)27-22/h4-10,17-18,21,23H,3,11-16H2,1-2H3/t21-,23-/m0/s1. The number of carbonyl (C=O) groups is 1. The number of amides is 1. The van der Waals surface area contributed by atoms with Gasteiger partial charge in [0.25, 0.3) is 5.91 Å². The van der Waals surface area contributed by atoms with Gasteiger partial charge in [0.2, 0.25) is 0 Å². The van der Waals surface area contributed by atoms with Gasteiger partial charge in [-0.25, -0.2) is 4.98 Å². The highest BCUT2D eigenvalue weighted by Crippen LogP contribution is 2.44. The van der Waals surface area contributed by atoms with Gasteiger partial charge in [0.15, 0.2) is 0 Å². The van der Waals surface area contributed by atoms with Gasteiger partial charge in [0.1, 0.15) is 11.3 Å². The maximum absolute atomic E-state index is 13.2. The fraction of sp³-hybridized carbons (Fsp3) is 0.462. The quantitative estimate of drug-likeness (QED) is 0.605. The van der Waals surface area contributed by atoms with Crippen molar-refractivity contribution in [1.82, 2.24) is 14.3 Å². The molecule has 0 saturated carbocycles. The molecule has 1 aromatic carbocycles. The number of hydrogen-bond acceptors (Lipinski definition) is 4. The Hall–Kier alpha value is -2.70. The summed E-state index contributed by atoms with van der Waals surface area (Å²) in [4.78, 5) is 19.6. The second-order valence-electron chi connectivity index (χ2n) is 9.11. The Kier molecular flexibility index (Phi) is 5.74. The predicted octanol–water partition coefficient (Wildman–Crippen LogP) is 4.57. The molecule has 0 bridgehead atoms. The first-order chi connectivity index (χ1) is 15.5. The van der Waals surface area contributed by atoms with Crippen molar-refractivity contribution in [3.63, 3.8) is 0 Å². The van der Waals surface area contributed by atoms with Crippen molar-refractivity contribution in [2.24, 2.45) is 0 Å². The molecule has 3 aromatic rings. The summed E-state index contributed by atoms with van der Waals surface area (Å²) in [5.41, 5.74) is 3.40. The molecular formula is C26H31N3O3. The first kappa shape index (κ1) is 21.2. The topological polar surface area (TPSA) is 56.1 Å². The minimum Gasteiger partial charge on any atom is -0.378 e. The van der Waals surface area contributed by atoms with Gasteiger partial charge in [-0.15, -0.1) is 0 Å². The molecule has 6 heteroatoms. The summed E-state index contributed by atoms with van der Waals surface area (Å²) in [6.45, 7) is 6.14. The molecule has 1 spiro atoms. The Balaban J connectivity index is 1.30. The van der Waals surface area contributed by atoms with E-state index in [4.69, 9.17) is 9.47 Å². The summed E-state index contributed by atoms with van der Waals surface area (Å²) in [5, 5.41) is 0. The van der Waals surface area contributed by atoms with Gasteiger partial charge in [-0.05, 0) is 43.9 Å². The zero-order valence-electron chi connectivity index (χ0n) is 18.9. The van der Waals surface area contributed by atoms with Crippen molar-refractivity contribution in [1.29, 1.82) is 0 Å². The number of pyridine rings is 1. The molecule has 0 aliphatic carbocycles. The van der Waals surface area contributed by atoms with Crippen molar-refractivity contribution >= 4 is 11.6 Å². The smallest absolute Gasteiger partial charge is 0.274 e. The second-order valence-corrected chi connectivity index (χ2v) is 9.11. The normalized spacial score (nSPS) is 23.0. The van der Waals surface area contributed by atoms with E-state index in [-0.39, 0.29) is 23.7 Å². The van der Waals surface area contributed by atoms with Crippen LogP contribution in [0.4, 0.5) is 0 Å². The lowest BCUT2D eigenvalue weighted by Gasteiger charge is -2.48. The molecule has 32 heavy (non-hydrogen) atoms. The van der Waals surface area contributed by atoms with E-state index in [1.165, 1.54) is 5.56 Å². The predicted molar refractivity (Wildman–Crippen MR) is 123 cm³/mol. The molecule has 2 atom stereocenters. The molecule has 168 valence electrons. The van der Waals surface area contributed by atoms with E-state index in [1.807, 2.05) is 46.8 Å².